The molecular formula is C43H49Cl2NO2Si. The van der Waals surface area contributed by atoms with Gasteiger partial charge in [0.1, 0.15) is 0 Å². The maximum Gasteiger partial charge on any atom is 0.261 e. The second-order valence-electron chi connectivity index (χ2n) is 15.1. The number of benzene rings is 4. The summed E-state index contributed by atoms with van der Waals surface area (Å²) in [5, 5.41) is 3.70. The van der Waals surface area contributed by atoms with Crippen LogP contribution in [-0.2, 0) is 9.22 Å². The van der Waals surface area contributed by atoms with Crippen molar-refractivity contribution in [3.05, 3.63) is 143 Å². The van der Waals surface area contributed by atoms with Gasteiger partial charge in [-0.15, -0.1) is 6.58 Å². The zero-order valence-corrected chi connectivity index (χ0v) is 31.8. The van der Waals surface area contributed by atoms with Gasteiger partial charge in [0.25, 0.3) is 8.32 Å². The molecular weight excluding hydrogens is 661 g/mol. The van der Waals surface area contributed by atoms with Gasteiger partial charge in [0, 0.05) is 16.0 Å². The summed E-state index contributed by atoms with van der Waals surface area (Å²) in [6.45, 7) is 13.7. The molecule has 0 aromatic heterocycles. The maximum atomic E-state index is 15.4. The van der Waals surface area contributed by atoms with E-state index in [2.05, 4.69) is 124 Å². The lowest BCUT2D eigenvalue weighted by atomic mass is 9.65. The van der Waals surface area contributed by atoms with E-state index < -0.39 is 13.7 Å². The van der Waals surface area contributed by atoms with Crippen LogP contribution in [0.5, 0.6) is 0 Å². The van der Waals surface area contributed by atoms with E-state index in [-0.39, 0.29) is 28.9 Å². The first-order valence-corrected chi connectivity index (χ1v) is 20.4. The minimum absolute atomic E-state index is 0.0200. The third-order valence-electron chi connectivity index (χ3n) is 11.1. The molecule has 1 aliphatic heterocycles. The van der Waals surface area contributed by atoms with Crippen molar-refractivity contribution in [2.24, 2.45) is 11.3 Å². The second kappa shape index (κ2) is 14.6. The van der Waals surface area contributed by atoms with E-state index >= 15 is 4.79 Å². The summed E-state index contributed by atoms with van der Waals surface area (Å²) in [6.07, 6.45) is 6.15. The molecule has 256 valence electrons. The molecule has 4 atom stereocenters. The molecule has 3 nitrogen and oxygen atoms in total. The molecule has 1 aliphatic carbocycles. The predicted octanol–water partition coefficient (Wildman–Crippen LogP) is 10.4. The van der Waals surface area contributed by atoms with Gasteiger partial charge in [0.15, 0.2) is 0 Å². The molecule has 1 amide bonds. The first-order chi connectivity index (χ1) is 23.5. The predicted molar refractivity (Wildman–Crippen MR) is 207 cm³/mol. The number of hydrogen-bond acceptors (Lipinski definition) is 2. The monoisotopic (exact) mass is 709 g/mol. The van der Waals surface area contributed by atoms with Gasteiger partial charge in [-0.1, -0.05) is 142 Å². The molecule has 0 N–H and O–H groups in total. The summed E-state index contributed by atoms with van der Waals surface area (Å²) in [5.41, 5.74) is 1.65. The second-order valence-corrected chi connectivity index (χ2v) is 20.3. The molecule has 1 heterocycles. The fourth-order valence-electron chi connectivity index (χ4n) is 8.44. The van der Waals surface area contributed by atoms with Crippen molar-refractivity contribution in [3.63, 3.8) is 0 Å². The van der Waals surface area contributed by atoms with Crippen LogP contribution in [-0.4, -0.2) is 31.8 Å². The Kier molecular flexibility index (Phi) is 10.6. The number of amides is 1. The summed E-state index contributed by atoms with van der Waals surface area (Å²) >= 11 is 13.1. The summed E-state index contributed by atoms with van der Waals surface area (Å²) in [6, 6.07) is 37.6. The zero-order valence-electron chi connectivity index (χ0n) is 29.2. The molecule has 6 rings (SSSR count). The van der Waals surface area contributed by atoms with E-state index in [4.69, 9.17) is 27.6 Å². The molecule has 0 radical (unpaired) electrons. The minimum atomic E-state index is -2.86. The van der Waals surface area contributed by atoms with Crippen molar-refractivity contribution >= 4 is 47.8 Å². The quantitative estimate of drug-likeness (QED) is 0.108. The van der Waals surface area contributed by atoms with Crippen molar-refractivity contribution in [2.45, 2.75) is 82.8 Å². The van der Waals surface area contributed by atoms with Crippen LogP contribution in [0, 0.1) is 11.3 Å². The molecule has 4 aromatic rings. The van der Waals surface area contributed by atoms with Gasteiger partial charge in [-0.3, -0.25) is 4.79 Å². The van der Waals surface area contributed by atoms with E-state index in [1.807, 2.05) is 30.3 Å². The average molecular weight is 711 g/mol. The van der Waals surface area contributed by atoms with Gasteiger partial charge < -0.3 is 9.33 Å². The number of piperidine rings is 1. The number of nitrogens with zero attached hydrogens (tertiary/aromatic N) is 1. The van der Waals surface area contributed by atoms with Gasteiger partial charge in [-0.05, 0) is 88.8 Å². The molecule has 2 fully saturated rings. The molecule has 0 bridgehead atoms. The Balaban J connectivity index is 1.53. The SMILES string of the molecule is C=CCC1(CC)C[C@H](c2cccc(Cl)c2)[C@@H](c2ccc(Cl)cc2)N(C(CO[Si](c2ccccc2)(c2ccccc2)C(C)(C)C)C2CC2)C1=O. The van der Waals surface area contributed by atoms with E-state index in [1.165, 1.54) is 10.4 Å². The summed E-state index contributed by atoms with van der Waals surface area (Å²) in [5.74, 6) is 0.580. The number of allylic oxidation sites excluding steroid dienone is 1. The smallest absolute Gasteiger partial charge is 0.261 e. The van der Waals surface area contributed by atoms with Crippen LogP contribution >= 0.6 is 23.2 Å². The fourth-order valence-corrected chi connectivity index (χ4v) is 13.3. The molecule has 4 aromatic carbocycles. The number of rotatable bonds is 12. The van der Waals surface area contributed by atoms with Crippen LogP contribution < -0.4 is 10.4 Å². The van der Waals surface area contributed by atoms with Crippen molar-refractivity contribution in [2.75, 3.05) is 6.61 Å². The van der Waals surface area contributed by atoms with Gasteiger partial charge in [0.05, 0.1) is 24.1 Å². The van der Waals surface area contributed by atoms with Gasteiger partial charge in [-0.2, -0.15) is 0 Å². The first kappa shape index (κ1) is 35.7. The number of halogens is 2. The Morgan fingerprint density at radius 1 is 0.878 bits per heavy atom. The highest BCUT2D eigenvalue weighted by Gasteiger charge is 2.56. The third-order valence-corrected chi connectivity index (χ3v) is 16.6. The zero-order chi connectivity index (χ0) is 34.8. The molecule has 2 unspecified atom stereocenters. The third kappa shape index (κ3) is 6.95. The lowest BCUT2D eigenvalue weighted by Crippen LogP contribution is -2.68. The number of hydrogen-bond donors (Lipinski definition) is 0. The highest BCUT2D eigenvalue weighted by atomic mass is 35.5. The molecule has 6 heteroatoms. The molecule has 1 saturated carbocycles. The highest BCUT2D eigenvalue weighted by Crippen LogP contribution is 2.55. The lowest BCUT2D eigenvalue weighted by Gasteiger charge is -2.54. The molecule has 49 heavy (non-hydrogen) atoms. The topological polar surface area (TPSA) is 29.5 Å². The first-order valence-electron chi connectivity index (χ1n) is 17.7. The van der Waals surface area contributed by atoms with E-state index in [0.717, 1.165) is 30.4 Å². The van der Waals surface area contributed by atoms with E-state index in [0.29, 0.717) is 35.4 Å². The normalized spacial score (nSPS) is 22.2. The summed E-state index contributed by atoms with van der Waals surface area (Å²) in [4.78, 5) is 17.6. The standard InChI is InChI=1S/C43H49Cl2NO2Si/c1-6-27-43(7-2)29-38(33-15-14-16-35(45)28-33)40(32-23-25-34(44)26-24-32)46(41(43)47)39(31-21-22-31)30-48-49(42(3,4)5,36-17-10-8-11-18-36)37-19-12-9-13-20-37/h6,8-20,23-26,28,31,38-40H,1,7,21-22,27,29-30H2,2-5H3/t38-,39?,40-,43?/m1/s1. The van der Waals surface area contributed by atoms with Crippen LogP contribution in [0.3, 0.4) is 0 Å². The van der Waals surface area contributed by atoms with Crippen molar-refractivity contribution in [1.82, 2.24) is 4.90 Å². The van der Waals surface area contributed by atoms with E-state index in [1.54, 1.807) is 0 Å². The maximum absolute atomic E-state index is 15.4. The Morgan fingerprint density at radius 2 is 1.49 bits per heavy atom. The van der Waals surface area contributed by atoms with Crippen LogP contribution in [0.4, 0.5) is 0 Å². The lowest BCUT2D eigenvalue weighted by molar-refractivity contribution is -0.158. The Hall–Kier alpha value is -3.15. The van der Waals surface area contributed by atoms with Crippen LogP contribution in [0.15, 0.2) is 122 Å². The molecule has 1 saturated heterocycles. The Bertz CT molecular complexity index is 1700. The largest absolute Gasteiger partial charge is 0.405 e. The minimum Gasteiger partial charge on any atom is -0.405 e. The van der Waals surface area contributed by atoms with Crippen molar-refractivity contribution < 1.29 is 9.22 Å². The van der Waals surface area contributed by atoms with Gasteiger partial charge in [0.2, 0.25) is 5.91 Å². The van der Waals surface area contributed by atoms with Crippen LogP contribution in [0.1, 0.15) is 82.9 Å². The number of carbonyl (C=O) groups is 1. The highest BCUT2D eigenvalue weighted by molar-refractivity contribution is 6.99. The summed E-state index contributed by atoms with van der Waals surface area (Å²) in [7, 11) is -2.86. The number of carbonyl (C=O) groups excluding carboxylic acids is 1. The average Bonchev–Trinajstić information content (AvgIpc) is 3.94. The van der Waals surface area contributed by atoms with Crippen molar-refractivity contribution in [1.29, 1.82) is 0 Å². The summed E-state index contributed by atoms with van der Waals surface area (Å²) < 4.78 is 7.64. The molecule has 0 spiro atoms. The van der Waals surface area contributed by atoms with E-state index in [9.17, 15) is 0 Å². The van der Waals surface area contributed by atoms with Crippen LogP contribution in [0.25, 0.3) is 0 Å². The Morgan fingerprint density at radius 3 is 2.00 bits per heavy atom. The Labute approximate surface area is 304 Å². The van der Waals surface area contributed by atoms with Crippen molar-refractivity contribution in [3.8, 4) is 0 Å². The number of likely N-dealkylation sites (tertiary alicyclic amines) is 1. The molecule has 2 aliphatic rings. The fraction of sp³-hybridized carbons (Fsp3) is 0.372. The van der Waals surface area contributed by atoms with Gasteiger partial charge >= 0.3 is 0 Å². The van der Waals surface area contributed by atoms with Crippen LogP contribution in [0.2, 0.25) is 15.1 Å². The van der Waals surface area contributed by atoms with Gasteiger partial charge in [-0.25, -0.2) is 0 Å².